The molecule has 178 valence electrons. The molecule has 3 saturated heterocycles. The summed E-state index contributed by atoms with van der Waals surface area (Å²) in [5.41, 5.74) is 7.11. The van der Waals surface area contributed by atoms with Crippen LogP contribution in [0.1, 0.15) is 28.8 Å². The van der Waals surface area contributed by atoms with Gasteiger partial charge >= 0.3 is 0 Å². The number of benzene rings is 2. The lowest BCUT2D eigenvalue weighted by Gasteiger charge is -2.44. The van der Waals surface area contributed by atoms with E-state index in [0.717, 1.165) is 44.5 Å². The number of hydrogen-bond donors (Lipinski definition) is 2. The van der Waals surface area contributed by atoms with Gasteiger partial charge < -0.3 is 34.9 Å². The molecule has 3 aliphatic rings. The molecule has 8 heteroatoms. The van der Waals surface area contributed by atoms with Crippen molar-refractivity contribution in [2.24, 2.45) is 11.7 Å². The van der Waals surface area contributed by atoms with Crippen LogP contribution in [0.15, 0.2) is 30.3 Å². The highest BCUT2D eigenvalue weighted by atomic mass is 16.5. The summed E-state index contributed by atoms with van der Waals surface area (Å²) in [6, 6.07) is 9.46. The highest BCUT2D eigenvalue weighted by molar-refractivity contribution is 5.99. The van der Waals surface area contributed by atoms with Crippen LogP contribution in [0, 0.1) is 5.92 Å². The maximum Gasteiger partial charge on any atom is 0.255 e. The SMILES string of the molecule is COc1c(Oc2ccc(CCN)cc2)cc(C(=O)NC2CN3CCC2CC3)c(OC)c1OC. The Morgan fingerprint density at radius 2 is 1.70 bits per heavy atom. The van der Waals surface area contributed by atoms with Crippen molar-refractivity contribution in [2.45, 2.75) is 25.3 Å². The predicted octanol–water partition coefficient (Wildman–Crippen LogP) is 2.83. The molecule has 5 rings (SSSR count). The van der Waals surface area contributed by atoms with Gasteiger partial charge in [0.25, 0.3) is 5.91 Å². The van der Waals surface area contributed by atoms with Gasteiger partial charge in [-0.1, -0.05) is 12.1 Å². The number of nitrogens with one attached hydrogen (secondary N) is 1. The number of rotatable bonds is 9. The van der Waals surface area contributed by atoms with Crippen LogP contribution in [0.5, 0.6) is 28.7 Å². The molecule has 0 saturated carbocycles. The first kappa shape index (κ1) is 23.2. The Hall–Kier alpha value is -2.97. The van der Waals surface area contributed by atoms with Crippen molar-refractivity contribution >= 4 is 5.91 Å². The van der Waals surface area contributed by atoms with Crippen LogP contribution in [0.3, 0.4) is 0 Å². The Balaban J connectivity index is 1.65. The van der Waals surface area contributed by atoms with Crippen LogP contribution >= 0.6 is 0 Å². The van der Waals surface area contributed by atoms with Crippen molar-refractivity contribution < 1.29 is 23.7 Å². The molecule has 1 atom stereocenters. The first-order valence-corrected chi connectivity index (χ1v) is 11.4. The molecule has 3 fully saturated rings. The molecule has 0 aliphatic carbocycles. The second-order valence-electron chi connectivity index (χ2n) is 8.52. The summed E-state index contributed by atoms with van der Waals surface area (Å²) in [5, 5.41) is 3.22. The maximum absolute atomic E-state index is 13.4. The zero-order valence-electron chi connectivity index (χ0n) is 19.6. The van der Waals surface area contributed by atoms with Crippen LogP contribution in [0.4, 0.5) is 0 Å². The van der Waals surface area contributed by atoms with Crippen molar-refractivity contribution in [1.82, 2.24) is 10.2 Å². The topological polar surface area (TPSA) is 95.3 Å². The third-order valence-corrected chi connectivity index (χ3v) is 6.57. The van der Waals surface area contributed by atoms with E-state index in [0.29, 0.717) is 46.8 Å². The molecule has 0 aromatic heterocycles. The minimum absolute atomic E-state index is 0.122. The average Bonchev–Trinajstić information content (AvgIpc) is 2.85. The summed E-state index contributed by atoms with van der Waals surface area (Å²) in [6.07, 6.45) is 3.02. The van der Waals surface area contributed by atoms with Crippen molar-refractivity contribution in [1.29, 1.82) is 0 Å². The molecule has 2 aromatic carbocycles. The van der Waals surface area contributed by atoms with Crippen molar-refractivity contribution in [3.05, 3.63) is 41.5 Å². The van der Waals surface area contributed by atoms with Crippen LogP contribution in [0.25, 0.3) is 0 Å². The summed E-state index contributed by atoms with van der Waals surface area (Å²) in [5.74, 6) is 2.28. The quantitative estimate of drug-likeness (QED) is 0.600. The second-order valence-corrected chi connectivity index (χ2v) is 8.52. The zero-order valence-corrected chi connectivity index (χ0v) is 19.6. The molecule has 0 spiro atoms. The van der Waals surface area contributed by atoms with Gasteiger partial charge in [0.15, 0.2) is 11.5 Å². The largest absolute Gasteiger partial charge is 0.492 e. The van der Waals surface area contributed by atoms with Crippen LogP contribution < -0.4 is 30.0 Å². The Bertz CT molecular complexity index is 971. The number of piperidine rings is 3. The van der Waals surface area contributed by atoms with Gasteiger partial charge in [-0.25, -0.2) is 0 Å². The molecular weight excluding hydrogens is 422 g/mol. The fraction of sp³-hybridized carbons (Fsp3) is 0.480. The standard InChI is InChI=1S/C25H33N3O5/c1-30-22-19(25(29)27-20-15-28-12-9-17(20)10-13-28)14-21(23(31-2)24(22)32-3)33-18-6-4-16(5-7-18)8-11-26/h4-7,14,17,20H,8-13,15,26H2,1-3H3,(H,27,29). The molecule has 2 aromatic rings. The lowest BCUT2D eigenvalue weighted by Crippen LogP contribution is -2.57. The molecule has 2 bridgehead atoms. The molecule has 33 heavy (non-hydrogen) atoms. The number of nitrogens with two attached hydrogens (primary N) is 1. The smallest absolute Gasteiger partial charge is 0.255 e. The van der Waals surface area contributed by atoms with E-state index in [1.807, 2.05) is 24.3 Å². The molecule has 1 amide bonds. The highest BCUT2D eigenvalue weighted by Crippen LogP contribution is 2.48. The summed E-state index contributed by atoms with van der Waals surface area (Å²) in [6.45, 7) is 3.68. The van der Waals surface area contributed by atoms with E-state index in [-0.39, 0.29) is 11.9 Å². The summed E-state index contributed by atoms with van der Waals surface area (Å²) >= 11 is 0. The van der Waals surface area contributed by atoms with Gasteiger partial charge in [-0.15, -0.1) is 0 Å². The van der Waals surface area contributed by atoms with Gasteiger partial charge in [-0.3, -0.25) is 4.79 Å². The van der Waals surface area contributed by atoms with E-state index >= 15 is 0 Å². The number of methoxy groups -OCH3 is 3. The minimum atomic E-state index is -0.213. The zero-order chi connectivity index (χ0) is 23.4. The van der Waals surface area contributed by atoms with E-state index in [2.05, 4.69) is 10.2 Å². The van der Waals surface area contributed by atoms with E-state index < -0.39 is 0 Å². The van der Waals surface area contributed by atoms with Gasteiger partial charge in [-0.05, 0) is 62.5 Å². The Labute approximate surface area is 194 Å². The number of amides is 1. The van der Waals surface area contributed by atoms with E-state index in [4.69, 9.17) is 24.7 Å². The summed E-state index contributed by atoms with van der Waals surface area (Å²) in [7, 11) is 4.56. The fourth-order valence-corrected chi connectivity index (χ4v) is 4.82. The van der Waals surface area contributed by atoms with E-state index in [1.165, 1.54) is 21.3 Å². The van der Waals surface area contributed by atoms with Gasteiger partial charge in [0.1, 0.15) is 5.75 Å². The number of fused-ring (bicyclic) bond motifs is 3. The molecule has 3 heterocycles. The molecule has 3 N–H and O–H groups in total. The number of carbonyl (C=O) groups is 1. The number of ether oxygens (including phenoxy) is 4. The Morgan fingerprint density at radius 1 is 1.03 bits per heavy atom. The summed E-state index contributed by atoms with van der Waals surface area (Å²) < 4.78 is 22.9. The third kappa shape index (κ3) is 4.86. The lowest BCUT2D eigenvalue weighted by atomic mass is 9.84. The average molecular weight is 456 g/mol. The van der Waals surface area contributed by atoms with Gasteiger partial charge in [-0.2, -0.15) is 0 Å². The first-order valence-electron chi connectivity index (χ1n) is 11.4. The number of carbonyl (C=O) groups excluding carboxylic acids is 1. The highest BCUT2D eigenvalue weighted by Gasteiger charge is 2.36. The Morgan fingerprint density at radius 3 is 2.24 bits per heavy atom. The molecule has 0 radical (unpaired) electrons. The van der Waals surface area contributed by atoms with Crippen molar-refractivity contribution in [2.75, 3.05) is 47.5 Å². The maximum atomic E-state index is 13.4. The second kappa shape index (κ2) is 10.3. The normalized spacial score (nSPS) is 21.4. The molecule has 8 nitrogen and oxygen atoms in total. The molecular formula is C25H33N3O5. The Kier molecular flexibility index (Phi) is 7.25. The van der Waals surface area contributed by atoms with E-state index in [1.54, 1.807) is 6.07 Å². The van der Waals surface area contributed by atoms with Crippen molar-refractivity contribution in [3.8, 4) is 28.7 Å². The van der Waals surface area contributed by atoms with Crippen LogP contribution in [-0.4, -0.2) is 64.4 Å². The van der Waals surface area contributed by atoms with Gasteiger partial charge in [0, 0.05) is 18.7 Å². The predicted molar refractivity (Wildman–Crippen MR) is 126 cm³/mol. The minimum Gasteiger partial charge on any atom is -0.492 e. The molecule has 3 aliphatic heterocycles. The summed E-state index contributed by atoms with van der Waals surface area (Å²) in [4.78, 5) is 15.8. The fourth-order valence-electron chi connectivity index (χ4n) is 4.82. The van der Waals surface area contributed by atoms with E-state index in [9.17, 15) is 4.79 Å². The number of nitrogens with zero attached hydrogens (tertiary/aromatic N) is 1. The van der Waals surface area contributed by atoms with Gasteiger partial charge in [0.2, 0.25) is 11.5 Å². The molecule has 1 unspecified atom stereocenters. The first-order chi connectivity index (χ1) is 16.1. The van der Waals surface area contributed by atoms with Crippen molar-refractivity contribution in [3.63, 3.8) is 0 Å². The number of hydrogen-bond acceptors (Lipinski definition) is 7. The lowest BCUT2D eigenvalue weighted by molar-refractivity contribution is 0.0618. The van der Waals surface area contributed by atoms with Gasteiger partial charge in [0.05, 0.1) is 26.9 Å². The van der Waals surface area contributed by atoms with Crippen LogP contribution in [0.2, 0.25) is 0 Å². The monoisotopic (exact) mass is 455 g/mol. The van der Waals surface area contributed by atoms with Crippen LogP contribution in [-0.2, 0) is 6.42 Å². The third-order valence-electron chi connectivity index (χ3n) is 6.57.